The molecule has 5 rings (SSSR count). The van der Waals surface area contributed by atoms with Crippen LogP contribution >= 0.6 is 0 Å². The number of nitrogens with zero attached hydrogens (tertiary/aromatic N) is 2. The van der Waals surface area contributed by atoms with Crippen LogP contribution in [0.25, 0.3) is 0 Å². The molecule has 4 amide bonds. The molecule has 2 aromatic rings. The Morgan fingerprint density at radius 2 is 1.24 bits per heavy atom. The summed E-state index contributed by atoms with van der Waals surface area (Å²) in [6.45, 7) is 5.68. The van der Waals surface area contributed by atoms with E-state index in [9.17, 15) is 19.2 Å². The summed E-state index contributed by atoms with van der Waals surface area (Å²) in [4.78, 5) is 54.9. The van der Waals surface area contributed by atoms with Crippen LogP contribution in [0.5, 0.6) is 0 Å². The Morgan fingerprint density at radius 3 is 1.82 bits per heavy atom. The molecular formula is C27H24N2O4. The third kappa shape index (κ3) is 3.33. The molecule has 1 saturated heterocycles. The lowest BCUT2D eigenvalue weighted by atomic mass is 9.78. The first-order chi connectivity index (χ1) is 15.8. The summed E-state index contributed by atoms with van der Waals surface area (Å²) < 4.78 is 0. The fourth-order valence-corrected chi connectivity index (χ4v) is 5.01. The molecular weight excluding hydrogens is 416 g/mol. The van der Waals surface area contributed by atoms with Crippen molar-refractivity contribution in [3.63, 3.8) is 0 Å². The lowest BCUT2D eigenvalue weighted by molar-refractivity contribution is -0.123. The quantitative estimate of drug-likeness (QED) is 0.676. The molecule has 0 spiro atoms. The minimum atomic E-state index is -0.556. The molecule has 166 valence electrons. The van der Waals surface area contributed by atoms with E-state index in [-0.39, 0.29) is 42.4 Å². The number of anilines is 2. The van der Waals surface area contributed by atoms with Crippen molar-refractivity contribution in [1.29, 1.82) is 0 Å². The van der Waals surface area contributed by atoms with Gasteiger partial charge in [-0.05, 0) is 62.9 Å². The van der Waals surface area contributed by atoms with Gasteiger partial charge in [0.25, 0.3) is 11.8 Å². The average molecular weight is 440 g/mol. The van der Waals surface area contributed by atoms with E-state index in [4.69, 9.17) is 0 Å². The van der Waals surface area contributed by atoms with E-state index in [1.54, 1.807) is 31.2 Å². The van der Waals surface area contributed by atoms with Gasteiger partial charge in [-0.15, -0.1) is 0 Å². The first-order valence-electron chi connectivity index (χ1n) is 11.1. The van der Waals surface area contributed by atoms with Crippen molar-refractivity contribution in [1.82, 2.24) is 0 Å². The van der Waals surface area contributed by atoms with Gasteiger partial charge in [0.15, 0.2) is 0 Å². The number of hydrogen-bond acceptors (Lipinski definition) is 4. The molecule has 2 heterocycles. The van der Waals surface area contributed by atoms with Crippen LogP contribution in [-0.2, 0) is 19.2 Å². The minimum Gasteiger partial charge on any atom is -0.274 e. The molecule has 0 bridgehead atoms. The minimum absolute atomic E-state index is 0.0909. The Bertz CT molecular complexity index is 1270. The van der Waals surface area contributed by atoms with Gasteiger partial charge in [-0.25, -0.2) is 4.90 Å². The van der Waals surface area contributed by atoms with Crippen LogP contribution in [0, 0.1) is 25.7 Å². The topological polar surface area (TPSA) is 74.8 Å². The van der Waals surface area contributed by atoms with Crippen LogP contribution < -0.4 is 9.80 Å². The van der Waals surface area contributed by atoms with E-state index in [0.29, 0.717) is 28.1 Å². The highest BCUT2D eigenvalue weighted by Crippen LogP contribution is 2.43. The first kappa shape index (κ1) is 21.1. The molecule has 0 aromatic heterocycles. The lowest BCUT2D eigenvalue weighted by Crippen LogP contribution is -2.33. The van der Waals surface area contributed by atoms with Crippen LogP contribution in [0.15, 0.2) is 71.3 Å². The number of carbonyl (C=O) groups excluding carboxylic acids is 4. The Labute approximate surface area is 192 Å². The van der Waals surface area contributed by atoms with Crippen molar-refractivity contribution in [2.75, 3.05) is 9.80 Å². The molecule has 2 aliphatic heterocycles. The Kier molecular flexibility index (Phi) is 4.89. The summed E-state index contributed by atoms with van der Waals surface area (Å²) in [5, 5.41) is 0. The predicted molar refractivity (Wildman–Crippen MR) is 124 cm³/mol. The second kappa shape index (κ2) is 7.66. The summed E-state index contributed by atoms with van der Waals surface area (Å²) in [6, 6.07) is 14.5. The normalized spacial score (nSPS) is 22.9. The smallest absolute Gasteiger partial charge is 0.266 e. The molecule has 33 heavy (non-hydrogen) atoms. The Hall–Kier alpha value is -3.80. The highest BCUT2D eigenvalue weighted by molar-refractivity contribution is 6.34. The fraction of sp³-hybridized carbons (Fsp3) is 0.259. The van der Waals surface area contributed by atoms with Crippen molar-refractivity contribution in [3.05, 3.63) is 82.5 Å². The molecule has 0 N–H and O–H groups in total. The molecule has 1 fully saturated rings. The second-order valence-electron chi connectivity index (χ2n) is 9.07. The zero-order valence-corrected chi connectivity index (χ0v) is 18.8. The SMILES string of the molecule is CC1=C[C@H]([C@@H]2CC(=O)N(c3ccc(C)cc3)C2=O)CC2=C1C(=O)N(c1ccc(C)cc1)C2=O. The van der Waals surface area contributed by atoms with Crippen LogP contribution in [0.2, 0.25) is 0 Å². The number of benzene rings is 2. The van der Waals surface area contributed by atoms with Gasteiger partial charge in [-0.2, -0.15) is 0 Å². The van der Waals surface area contributed by atoms with Crippen LogP contribution in [0.3, 0.4) is 0 Å². The zero-order chi connectivity index (χ0) is 23.4. The monoisotopic (exact) mass is 440 g/mol. The van der Waals surface area contributed by atoms with Gasteiger partial charge in [0.05, 0.1) is 22.9 Å². The van der Waals surface area contributed by atoms with E-state index in [1.165, 1.54) is 9.80 Å². The van der Waals surface area contributed by atoms with Crippen LogP contribution in [0.4, 0.5) is 11.4 Å². The average Bonchev–Trinajstić information content (AvgIpc) is 3.22. The number of hydrogen-bond donors (Lipinski definition) is 0. The van der Waals surface area contributed by atoms with Gasteiger partial charge in [0.2, 0.25) is 11.8 Å². The van der Waals surface area contributed by atoms with Crippen LogP contribution in [0.1, 0.15) is 30.9 Å². The molecule has 2 aromatic carbocycles. The Balaban J connectivity index is 1.42. The largest absolute Gasteiger partial charge is 0.274 e. The third-order valence-electron chi connectivity index (χ3n) is 6.76. The number of amides is 4. The van der Waals surface area contributed by atoms with Crippen molar-refractivity contribution in [3.8, 4) is 0 Å². The predicted octanol–water partition coefficient (Wildman–Crippen LogP) is 4.02. The van der Waals surface area contributed by atoms with Gasteiger partial charge < -0.3 is 0 Å². The molecule has 0 radical (unpaired) electrons. The van der Waals surface area contributed by atoms with E-state index < -0.39 is 5.92 Å². The third-order valence-corrected chi connectivity index (χ3v) is 6.76. The number of allylic oxidation sites excluding steroid dienone is 1. The maximum atomic E-state index is 13.3. The molecule has 0 unspecified atom stereocenters. The summed E-state index contributed by atoms with van der Waals surface area (Å²) in [7, 11) is 0. The summed E-state index contributed by atoms with van der Waals surface area (Å²) in [5.41, 5.74) is 4.71. The van der Waals surface area contributed by atoms with Gasteiger partial charge >= 0.3 is 0 Å². The molecule has 0 saturated carbocycles. The second-order valence-corrected chi connectivity index (χ2v) is 9.07. The summed E-state index contributed by atoms with van der Waals surface area (Å²) in [5.74, 6) is -2.04. The molecule has 6 heteroatoms. The molecule has 2 atom stereocenters. The molecule has 3 aliphatic rings. The molecule has 1 aliphatic carbocycles. The number of rotatable bonds is 3. The van der Waals surface area contributed by atoms with E-state index in [1.807, 2.05) is 44.2 Å². The standard InChI is InChI=1S/C27H24N2O4/c1-15-4-8-19(9-5-15)28-23(30)14-21(25(28)31)18-12-17(3)24-22(13-18)26(32)29(27(24)33)20-10-6-16(2)7-11-20/h4-12,18,21H,13-14H2,1-3H3/t18-,21-/m0/s1. The van der Waals surface area contributed by atoms with Gasteiger partial charge in [0.1, 0.15) is 0 Å². The van der Waals surface area contributed by atoms with Crippen molar-refractivity contribution in [2.45, 2.75) is 33.6 Å². The Morgan fingerprint density at radius 1 is 0.697 bits per heavy atom. The van der Waals surface area contributed by atoms with E-state index in [2.05, 4.69) is 0 Å². The van der Waals surface area contributed by atoms with Gasteiger partial charge in [0, 0.05) is 12.0 Å². The fourth-order valence-electron chi connectivity index (χ4n) is 5.01. The van der Waals surface area contributed by atoms with E-state index >= 15 is 0 Å². The van der Waals surface area contributed by atoms with Crippen molar-refractivity contribution in [2.24, 2.45) is 11.8 Å². The number of aryl methyl sites for hydroxylation is 2. The summed E-state index contributed by atoms with van der Waals surface area (Å²) in [6.07, 6.45) is 2.25. The lowest BCUT2D eigenvalue weighted by Gasteiger charge is -2.24. The van der Waals surface area contributed by atoms with Crippen molar-refractivity contribution >= 4 is 35.0 Å². The van der Waals surface area contributed by atoms with Crippen LogP contribution in [-0.4, -0.2) is 23.6 Å². The van der Waals surface area contributed by atoms with E-state index in [0.717, 1.165) is 11.1 Å². The van der Waals surface area contributed by atoms with Gasteiger partial charge in [-0.1, -0.05) is 41.5 Å². The maximum absolute atomic E-state index is 13.3. The summed E-state index contributed by atoms with van der Waals surface area (Å²) >= 11 is 0. The molecule has 6 nitrogen and oxygen atoms in total. The maximum Gasteiger partial charge on any atom is 0.266 e. The first-order valence-corrected chi connectivity index (χ1v) is 11.1. The van der Waals surface area contributed by atoms with Crippen molar-refractivity contribution < 1.29 is 19.2 Å². The highest BCUT2D eigenvalue weighted by atomic mass is 16.2. The number of carbonyl (C=O) groups is 4. The zero-order valence-electron chi connectivity index (χ0n) is 18.8. The highest BCUT2D eigenvalue weighted by Gasteiger charge is 2.48. The van der Waals surface area contributed by atoms with Gasteiger partial charge in [-0.3, -0.25) is 24.1 Å². The number of imide groups is 2.